The summed E-state index contributed by atoms with van der Waals surface area (Å²) in [6, 6.07) is 6.25. The van der Waals surface area contributed by atoms with E-state index >= 15 is 0 Å². The zero-order valence-electron chi connectivity index (χ0n) is 15.9. The predicted octanol–water partition coefficient (Wildman–Crippen LogP) is 6.86. The first-order valence-electron chi connectivity index (χ1n) is 9.28. The van der Waals surface area contributed by atoms with Crippen LogP contribution in [0.4, 0.5) is 26.3 Å². The molecule has 168 valence electrons. The molecule has 0 spiro atoms. The smallest absolute Gasteiger partial charge is 0.422 e. The molecule has 31 heavy (non-hydrogen) atoms. The zero-order valence-corrected chi connectivity index (χ0v) is 16.7. The molecule has 1 N–H and O–H groups in total. The standard InChI is InChI=1S/C21H17ClF6O3/c22-15-9-14(19(18(29)30)7-1-2-8-19)10-16(31-11-20(23,24)25)17(15)12-3-5-13(6-4-12)21(26,27)28/h3-6,9-10H,1-2,7-8,11H2,(H,29,30). The number of halogens is 7. The Hall–Kier alpha value is -2.42. The van der Waals surface area contributed by atoms with Crippen LogP contribution in [0.15, 0.2) is 36.4 Å². The van der Waals surface area contributed by atoms with E-state index in [1.54, 1.807) is 0 Å². The van der Waals surface area contributed by atoms with Crippen molar-refractivity contribution >= 4 is 17.6 Å². The summed E-state index contributed by atoms with van der Waals surface area (Å²) in [5, 5.41) is 9.67. The number of hydrogen-bond donors (Lipinski definition) is 1. The second kappa shape index (κ2) is 8.26. The van der Waals surface area contributed by atoms with Gasteiger partial charge in [-0.05, 0) is 48.2 Å². The number of carboxylic acids is 1. The van der Waals surface area contributed by atoms with Crippen molar-refractivity contribution in [3.05, 3.63) is 52.5 Å². The number of ether oxygens (including phenoxy) is 1. The normalized spacial score (nSPS) is 16.4. The summed E-state index contributed by atoms with van der Waals surface area (Å²) in [6.07, 6.45) is -7.43. The maximum atomic E-state index is 12.8. The van der Waals surface area contributed by atoms with E-state index in [0.29, 0.717) is 12.8 Å². The van der Waals surface area contributed by atoms with Crippen molar-refractivity contribution in [2.45, 2.75) is 43.5 Å². The average Bonchev–Trinajstić information content (AvgIpc) is 3.16. The van der Waals surface area contributed by atoms with Crippen LogP contribution in [0.2, 0.25) is 5.02 Å². The molecule has 0 aliphatic heterocycles. The molecular weight excluding hydrogens is 450 g/mol. The van der Waals surface area contributed by atoms with Crippen molar-refractivity contribution in [3.63, 3.8) is 0 Å². The molecule has 1 aliphatic rings. The fourth-order valence-electron chi connectivity index (χ4n) is 3.84. The van der Waals surface area contributed by atoms with Crippen LogP contribution in [0.3, 0.4) is 0 Å². The van der Waals surface area contributed by atoms with Gasteiger partial charge in [0.25, 0.3) is 0 Å². The topological polar surface area (TPSA) is 46.5 Å². The van der Waals surface area contributed by atoms with E-state index in [4.69, 9.17) is 16.3 Å². The van der Waals surface area contributed by atoms with Crippen LogP contribution in [0.5, 0.6) is 5.75 Å². The van der Waals surface area contributed by atoms with Crippen molar-refractivity contribution in [2.75, 3.05) is 6.61 Å². The van der Waals surface area contributed by atoms with Gasteiger partial charge >= 0.3 is 18.3 Å². The first kappa shape index (κ1) is 23.2. The van der Waals surface area contributed by atoms with E-state index in [1.165, 1.54) is 12.1 Å². The molecular formula is C21H17ClF6O3. The average molecular weight is 467 g/mol. The summed E-state index contributed by atoms with van der Waals surface area (Å²) < 4.78 is 81.8. The fourth-order valence-corrected chi connectivity index (χ4v) is 4.16. The molecule has 2 aromatic carbocycles. The monoisotopic (exact) mass is 466 g/mol. The number of carbonyl (C=O) groups is 1. The lowest BCUT2D eigenvalue weighted by Crippen LogP contribution is -2.32. The third-order valence-electron chi connectivity index (χ3n) is 5.37. The molecule has 0 saturated heterocycles. The molecule has 0 amide bonds. The van der Waals surface area contributed by atoms with Crippen LogP contribution < -0.4 is 4.74 Å². The molecule has 1 fully saturated rings. The van der Waals surface area contributed by atoms with Gasteiger partial charge in [-0.25, -0.2) is 0 Å². The number of aliphatic carboxylic acids is 1. The quantitative estimate of drug-likeness (QED) is 0.489. The fraction of sp³-hybridized carbons (Fsp3) is 0.381. The van der Waals surface area contributed by atoms with E-state index in [-0.39, 0.29) is 40.3 Å². The van der Waals surface area contributed by atoms with Crippen molar-refractivity contribution < 1.29 is 41.0 Å². The van der Waals surface area contributed by atoms with Gasteiger partial charge in [0.2, 0.25) is 0 Å². The summed E-state index contributed by atoms with van der Waals surface area (Å²) in [7, 11) is 0. The number of alkyl halides is 6. The maximum Gasteiger partial charge on any atom is 0.422 e. The van der Waals surface area contributed by atoms with Gasteiger partial charge in [0.15, 0.2) is 6.61 Å². The van der Waals surface area contributed by atoms with Gasteiger partial charge in [-0.3, -0.25) is 4.79 Å². The molecule has 0 heterocycles. The second-order valence-corrected chi connectivity index (χ2v) is 7.81. The van der Waals surface area contributed by atoms with Crippen LogP contribution >= 0.6 is 11.6 Å². The van der Waals surface area contributed by atoms with Crippen LogP contribution in [-0.2, 0) is 16.4 Å². The van der Waals surface area contributed by atoms with Crippen LogP contribution in [0.25, 0.3) is 11.1 Å². The largest absolute Gasteiger partial charge is 0.483 e. The summed E-state index contributed by atoms with van der Waals surface area (Å²) >= 11 is 6.32. The Morgan fingerprint density at radius 2 is 1.61 bits per heavy atom. The SMILES string of the molecule is O=C(O)C1(c2cc(Cl)c(-c3ccc(C(F)(F)F)cc3)c(OCC(F)(F)F)c2)CCCC1. The predicted molar refractivity (Wildman–Crippen MR) is 101 cm³/mol. The van der Waals surface area contributed by atoms with Crippen LogP contribution in [0, 0.1) is 0 Å². The molecule has 0 atom stereocenters. The third kappa shape index (κ3) is 4.92. The number of hydrogen-bond acceptors (Lipinski definition) is 2. The molecule has 0 bridgehead atoms. The maximum absolute atomic E-state index is 12.8. The van der Waals surface area contributed by atoms with Crippen molar-refractivity contribution in [1.82, 2.24) is 0 Å². The van der Waals surface area contributed by atoms with E-state index in [2.05, 4.69) is 0 Å². The lowest BCUT2D eigenvalue weighted by molar-refractivity contribution is -0.153. The summed E-state index contributed by atoms with van der Waals surface area (Å²) in [4.78, 5) is 12.0. The van der Waals surface area contributed by atoms with Gasteiger partial charge in [-0.15, -0.1) is 0 Å². The van der Waals surface area contributed by atoms with Gasteiger partial charge in [0.1, 0.15) is 5.75 Å². The summed E-state index contributed by atoms with van der Waals surface area (Å²) in [5.41, 5.74) is -1.97. The van der Waals surface area contributed by atoms with E-state index < -0.39 is 35.9 Å². The second-order valence-electron chi connectivity index (χ2n) is 7.40. The Morgan fingerprint density at radius 1 is 1.03 bits per heavy atom. The first-order chi connectivity index (χ1) is 14.3. The van der Waals surface area contributed by atoms with E-state index in [0.717, 1.165) is 24.3 Å². The minimum atomic E-state index is -4.68. The number of rotatable bonds is 5. The minimum absolute atomic E-state index is 0.0399. The highest BCUT2D eigenvalue weighted by Crippen LogP contribution is 2.47. The Morgan fingerprint density at radius 3 is 2.10 bits per heavy atom. The molecule has 2 aromatic rings. The molecule has 3 rings (SSSR count). The molecule has 0 unspecified atom stereocenters. The molecule has 10 heteroatoms. The Labute approximate surface area is 178 Å². The van der Waals surface area contributed by atoms with E-state index in [9.17, 15) is 36.2 Å². The highest BCUT2D eigenvalue weighted by atomic mass is 35.5. The Bertz CT molecular complexity index is 961. The molecule has 0 radical (unpaired) electrons. The number of benzene rings is 2. The van der Waals surface area contributed by atoms with E-state index in [1.807, 2.05) is 0 Å². The Balaban J connectivity index is 2.13. The van der Waals surface area contributed by atoms with Gasteiger partial charge in [0, 0.05) is 5.56 Å². The van der Waals surface area contributed by atoms with Crippen molar-refractivity contribution in [2.24, 2.45) is 0 Å². The summed E-state index contributed by atoms with van der Waals surface area (Å²) in [5.74, 6) is -1.46. The highest BCUT2D eigenvalue weighted by molar-refractivity contribution is 6.33. The molecule has 3 nitrogen and oxygen atoms in total. The Kier molecular flexibility index (Phi) is 6.19. The van der Waals surface area contributed by atoms with Gasteiger partial charge in [0.05, 0.1) is 16.0 Å². The van der Waals surface area contributed by atoms with Crippen LogP contribution in [0.1, 0.15) is 36.8 Å². The van der Waals surface area contributed by atoms with Gasteiger partial charge < -0.3 is 9.84 Å². The number of carboxylic acid groups (broad SMARTS) is 1. The van der Waals surface area contributed by atoms with Crippen LogP contribution in [-0.4, -0.2) is 23.9 Å². The molecule has 1 aliphatic carbocycles. The lowest BCUT2D eigenvalue weighted by atomic mass is 9.78. The van der Waals surface area contributed by atoms with Gasteiger partial charge in [-0.2, -0.15) is 26.3 Å². The van der Waals surface area contributed by atoms with Gasteiger partial charge in [-0.1, -0.05) is 36.6 Å². The van der Waals surface area contributed by atoms with Crippen molar-refractivity contribution in [1.29, 1.82) is 0 Å². The lowest BCUT2D eigenvalue weighted by Gasteiger charge is -2.26. The highest BCUT2D eigenvalue weighted by Gasteiger charge is 2.44. The van der Waals surface area contributed by atoms with Crippen molar-refractivity contribution in [3.8, 4) is 16.9 Å². The zero-order chi connectivity index (χ0) is 23.0. The molecule has 0 aromatic heterocycles. The molecule has 1 saturated carbocycles. The first-order valence-corrected chi connectivity index (χ1v) is 9.66. The minimum Gasteiger partial charge on any atom is -0.483 e. The third-order valence-corrected chi connectivity index (χ3v) is 5.66. The summed E-state index contributed by atoms with van der Waals surface area (Å²) in [6.45, 7) is -1.67.